The van der Waals surface area contributed by atoms with Crippen LogP contribution in [0, 0.1) is 0 Å². The van der Waals surface area contributed by atoms with Gasteiger partial charge in [-0.3, -0.25) is 14.4 Å². The van der Waals surface area contributed by atoms with Crippen molar-refractivity contribution in [2.75, 3.05) is 7.11 Å². The van der Waals surface area contributed by atoms with E-state index >= 15 is 0 Å². The largest absolute Gasteiger partial charge is 0.497 e. The van der Waals surface area contributed by atoms with E-state index in [1.54, 1.807) is 38.3 Å². The monoisotopic (exact) mass is 682 g/mol. The van der Waals surface area contributed by atoms with Crippen molar-refractivity contribution < 1.29 is 19.1 Å². The highest BCUT2D eigenvalue weighted by molar-refractivity contribution is 9.10. The van der Waals surface area contributed by atoms with Gasteiger partial charge in [-0.2, -0.15) is 0 Å². The minimum atomic E-state index is -0.138. The zero-order valence-electron chi connectivity index (χ0n) is 18.0. The van der Waals surface area contributed by atoms with E-state index in [9.17, 15) is 14.4 Å². The van der Waals surface area contributed by atoms with E-state index < -0.39 is 0 Å². The molecular formula is C23H26Br4O4. The first kappa shape index (κ1) is 30.2. The lowest BCUT2D eigenvalue weighted by Crippen LogP contribution is -2.09. The van der Waals surface area contributed by atoms with Gasteiger partial charge in [0.25, 0.3) is 0 Å². The second-order valence-corrected chi connectivity index (χ2v) is 11.5. The van der Waals surface area contributed by atoms with Crippen LogP contribution >= 0.6 is 63.7 Å². The maximum atomic E-state index is 11.5. The standard InChI is InChI=1S/C10H11BrO2.C9H8Br2O.C4H7BrO/c1-7(11)10(12)8-3-5-9(13-2)6-4-8;1-6(10)9(12)7-2-4-8(11)5-3-7;1-3(5)4(2)6/h3-7H,1-2H3;2-6H,1H3;3H,1-2H3. The number of benzene rings is 2. The molecule has 3 atom stereocenters. The van der Waals surface area contributed by atoms with Gasteiger partial charge >= 0.3 is 0 Å². The molecule has 2 aromatic rings. The zero-order valence-corrected chi connectivity index (χ0v) is 24.3. The highest BCUT2D eigenvalue weighted by Gasteiger charge is 2.11. The van der Waals surface area contributed by atoms with E-state index in [4.69, 9.17) is 4.74 Å². The number of ether oxygens (including phenoxy) is 1. The van der Waals surface area contributed by atoms with Gasteiger partial charge in [0.05, 0.1) is 21.6 Å². The molecule has 0 N–H and O–H groups in total. The SMILES string of the molecule is CC(=O)C(C)Br.CC(Br)C(=O)c1ccc(Br)cc1.COc1ccc(C(=O)C(C)Br)cc1. The predicted molar refractivity (Wildman–Crippen MR) is 142 cm³/mol. The van der Waals surface area contributed by atoms with Crippen LogP contribution in [0.2, 0.25) is 0 Å². The fraction of sp³-hybridized carbons (Fsp3) is 0.348. The minimum Gasteiger partial charge on any atom is -0.497 e. The summed E-state index contributed by atoms with van der Waals surface area (Å²) in [7, 11) is 1.60. The fourth-order valence-corrected chi connectivity index (χ4v) is 2.62. The van der Waals surface area contributed by atoms with Crippen molar-refractivity contribution in [2.24, 2.45) is 0 Å². The van der Waals surface area contributed by atoms with Gasteiger partial charge in [0.1, 0.15) is 11.5 Å². The Morgan fingerprint density at radius 2 is 1.03 bits per heavy atom. The summed E-state index contributed by atoms with van der Waals surface area (Å²) in [6.07, 6.45) is 0. The van der Waals surface area contributed by atoms with Gasteiger partial charge in [-0.1, -0.05) is 75.9 Å². The van der Waals surface area contributed by atoms with Crippen molar-refractivity contribution in [3.8, 4) is 5.75 Å². The Hall–Kier alpha value is -0.830. The summed E-state index contributed by atoms with van der Waals surface area (Å²) in [6, 6.07) is 14.4. The van der Waals surface area contributed by atoms with Crippen molar-refractivity contribution >= 4 is 81.1 Å². The Morgan fingerprint density at radius 3 is 1.29 bits per heavy atom. The van der Waals surface area contributed by atoms with E-state index in [0.29, 0.717) is 5.56 Å². The van der Waals surface area contributed by atoms with Crippen LogP contribution in [0.5, 0.6) is 5.75 Å². The number of hydrogen-bond donors (Lipinski definition) is 0. The summed E-state index contributed by atoms with van der Waals surface area (Å²) in [5.41, 5.74) is 1.44. The Balaban J connectivity index is 0.000000466. The molecule has 0 spiro atoms. The molecule has 0 amide bonds. The second-order valence-electron chi connectivity index (χ2n) is 6.42. The van der Waals surface area contributed by atoms with Crippen LogP contribution in [0.3, 0.4) is 0 Å². The Bertz CT molecular complexity index is 830. The van der Waals surface area contributed by atoms with Gasteiger partial charge in [0.2, 0.25) is 0 Å². The average Bonchev–Trinajstić information content (AvgIpc) is 2.74. The summed E-state index contributed by atoms with van der Waals surface area (Å²) >= 11 is 12.9. The van der Waals surface area contributed by atoms with E-state index in [0.717, 1.165) is 15.8 Å². The normalized spacial score (nSPS) is 12.7. The molecule has 0 saturated heterocycles. The molecule has 0 aliphatic rings. The molecular weight excluding hydrogens is 660 g/mol. The first-order valence-electron chi connectivity index (χ1n) is 9.31. The van der Waals surface area contributed by atoms with Gasteiger partial charge < -0.3 is 4.74 Å². The molecule has 2 aromatic carbocycles. The quantitative estimate of drug-likeness (QED) is 0.235. The first-order valence-corrected chi connectivity index (χ1v) is 12.8. The van der Waals surface area contributed by atoms with Crippen molar-refractivity contribution in [3.05, 3.63) is 64.1 Å². The molecule has 0 heterocycles. The lowest BCUT2D eigenvalue weighted by Gasteiger charge is -2.03. The third-order valence-corrected chi connectivity index (χ3v) is 5.79. The predicted octanol–water partition coefficient (Wildman–Crippen LogP) is 7.44. The van der Waals surface area contributed by atoms with Crippen LogP contribution in [0.15, 0.2) is 53.0 Å². The maximum absolute atomic E-state index is 11.5. The molecule has 0 aliphatic carbocycles. The third-order valence-electron chi connectivity index (χ3n) is 3.79. The van der Waals surface area contributed by atoms with Gasteiger partial charge in [-0.25, -0.2) is 0 Å². The van der Waals surface area contributed by atoms with E-state index in [-0.39, 0.29) is 31.8 Å². The maximum Gasteiger partial charge on any atom is 0.176 e. The molecule has 0 radical (unpaired) electrons. The van der Waals surface area contributed by atoms with Crippen LogP contribution in [-0.4, -0.2) is 38.9 Å². The van der Waals surface area contributed by atoms with E-state index in [1.165, 1.54) is 0 Å². The number of ketones is 3. The van der Waals surface area contributed by atoms with Crippen LogP contribution in [0.1, 0.15) is 48.4 Å². The van der Waals surface area contributed by atoms with Gasteiger partial charge in [-0.15, -0.1) is 0 Å². The second kappa shape index (κ2) is 15.9. The lowest BCUT2D eigenvalue weighted by molar-refractivity contribution is -0.116. The van der Waals surface area contributed by atoms with E-state index in [2.05, 4.69) is 63.7 Å². The Kier molecular flexibility index (Phi) is 15.5. The topological polar surface area (TPSA) is 60.4 Å². The van der Waals surface area contributed by atoms with Crippen molar-refractivity contribution in [1.29, 1.82) is 0 Å². The Labute approximate surface area is 218 Å². The zero-order chi connectivity index (χ0) is 24.1. The molecule has 0 bridgehead atoms. The Morgan fingerprint density at radius 1 is 0.710 bits per heavy atom. The molecule has 2 rings (SSSR count). The van der Waals surface area contributed by atoms with Gasteiger partial charge in [0.15, 0.2) is 11.6 Å². The molecule has 4 nitrogen and oxygen atoms in total. The van der Waals surface area contributed by atoms with Gasteiger partial charge in [-0.05, 0) is 64.1 Å². The summed E-state index contributed by atoms with van der Waals surface area (Å²) in [4.78, 5) is 32.7. The molecule has 0 aromatic heterocycles. The van der Waals surface area contributed by atoms with Crippen LogP contribution in [0.25, 0.3) is 0 Å². The van der Waals surface area contributed by atoms with Crippen molar-refractivity contribution in [2.45, 2.75) is 42.2 Å². The summed E-state index contributed by atoms with van der Waals surface area (Å²) in [5, 5.41) is 0. The number of Topliss-reactive ketones (excluding diaryl/α,β-unsaturated/α-hetero) is 3. The van der Waals surface area contributed by atoms with Gasteiger partial charge in [0, 0.05) is 15.6 Å². The number of rotatable bonds is 6. The number of carbonyl (C=O) groups is 3. The minimum absolute atomic E-state index is 0.0255. The number of halogens is 4. The van der Waals surface area contributed by atoms with Crippen LogP contribution in [-0.2, 0) is 4.79 Å². The summed E-state index contributed by atoms with van der Waals surface area (Å²) in [6.45, 7) is 7.00. The van der Waals surface area contributed by atoms with Crippen LogP contribution < -0.4 is 4.74 Å². The first-order chi connectivity index (χ1) is 14.4. The summed E-state index contributed by atoms with van der Waals surface area (Å²) < 4.78 is 5.97. The molecule has 31 heavy (non-hydrogen) atoms. The average molecular weight is 686 g/mol. The van der Waals surface area contributed by atoms with Crippen molar-refractivity contribution in [3.63, 3.8) is 0 Å². The molecule has 170 valence electrons. The summed E-state index contributed by atoms with van der Waals surface area (Å²) in [5.74, 6) is 1.14. The molecule has 3 unspecified atom stereocenters. The van der Waals surface area contributed by atoms with Crippen molar-refractivity contribution in [1.82, 2.24) is 0 Å². The molecule has 0 fully saturated rings. The smallest absolute Gasteiger partial charge is 0.176 e. The van der Waals surface area contributed by atoms with Crippen LogP contribution in [0.4, 0.5) is 0 Å². The lowest BCUT2D eigenvalue weighted by atomic mass is 10.1. The fourth-order valence-electron chi connectivity index (χ4n) is 1.83. The molecule has 0 aliphatic heterocycles. The molecule has 8 heteroatoms. The number of alkyl halides is 3. The highest BCUT2D eigenvalue weighted by atomic mass is 79.9. The number of hydrogen-bond acceptors (Lipinski definition) is 4. The number of carbonyl (C=O) groups excluding carboxylic acids is 3. The molecule has 0 saturated carbocycles. The highest BCUT2D eigenvalue weighted by Crippen LogP contribution is 2.15. The number of methoxy groups -OCH3 is 1. The van der Waals surface area contributed by atoms with E-state index in [1.807, 2.05) is 45.0 Å². The third kappa shape index (κ3) is 12.7.